The lowest BCUT2D eigenvalue weighted by Crippen LogP contribution is -2.29. The van der Waals surface area contributed by atoms with Gasteiger partial charge in [0.1, 0.15) is 0 Å². The van der Waals surface area contributed by atoms with Gasteiger partial charge in [-0.15, -0.1) is 10.2 Å². The Hall–Kier alpha value is -1.79. The van der Waals surface area contributed by atoms with Crippen LogP contribution in [0.1, 0.15) is 19.2 Å². The third kappa shape index (κ3) is 3.20. The fraction of sp³-hybridized carbons (Fsp3) is 0.500. The summed E-state index contributed by atoms with van der Waals surface area (Å²) in [6.45, 7) is 5.47. The summed E-state index contributed by atoms with van der Waals surface area (Å²) in [6, 6.07) is 3.76. The van der Waals surface area contributed by atoms with E-state index in [0.29, 0.717) is 18.3 Å². The minimum Gasteiger partial charge on any atom is -0.419 e. The fourth-order valence-electron chi connectivity index (χ4n) is 2.34. The zero-order chi connectivity index (χ0) is 13.8. The first-order valence-corrected chi connectivity index (χ1v) is 6.88. The molecule has 0 aromatic carbocycles. The molecule has 20 heavy (non-hydrogen) atoms. The zero-order valence-corrected chi connectivity index (χ0v) is 11.5. The number of hydrogen-bond donors (Lipinski definition) is 0. The van der Waals surface area contributed by atoms with Gasteiger partial charge in [0.2, 0.25) is 11.8 Å². The minimum atomic E-state index is 0.248. The Kier molecular flexibility index (Phi) is 4.03. The van der Waals surface area contributed by atoms with Crippen molar-refractivity contribution in [2.75, 3.05) is 19.7 Å². The first kappa shape index (κ1) is 13.2. The molecular weight excluding hydrogens is 256 g/mol. The van der Waals surface area contributed by atoms with Gasteiger partial charge in [0.05, 0.1) is 18.2 Å². The van der Waals surface area contributed by atoms with Crippen molar-refractivity contribution in [2.45, 2.75) is 26.0 Å². The topological polar surface area (TPSA) is 64.3 Å². The van der Waals surface area contributed by atoms with Crippen molar-refractivity contribution >= 4 is 0 Å². The molecule has 0 unspecified atom stereocenters. The summed E-state index contributed by atoms with van der Waals surface area (Å²) in [5, 5.41) is 8.20. The Morgan fingerprint density at radius 1 is 1.40 bits per heavy atom. The Morgan fingerprint density at radius 2 is 2.35 bits per heavy atom. The molecule has 0 saturated carbocycles. The highest BCUT2D eigenvalue weighted by atomic mass is 16.5. The molecule has 2 aromatic heterocycles. The predicted octanol–water partition coefficient (Wildman–Crippen LogP) is 1.74. The highest BCUT2D eigenvalue weighted by molar-refractivity contribution is 5.49. The number of rotatable bonds is 3. The van der Waals surface area contributed by atoms with Crippen molar-refractivity contribution in [3.05, 3.63) is 30.4 Å². The highest BCUT2D eigenvalue weighted by Gasteiger charge is 2.18. The van der Waals surface area contributed by atoms with Crippen molar-refractivity contribution in [3.8, 4) is 11.5 Å². The summed E-state index contributed by atoms with van der Waals surface area (Å²) in [5.74, 6) is 1.16. The molecule has 3 rings (SSSR count). The minimum absolute atomic E-state index is 0.248. The van der Waals surface area contributed by atoms with E-state index in [9.17, 15) is 0 Å². The van der Waals surface area contributed by atoms with Gasteiger partial charge in [-0.1, -0.05) is 0 Å². The first-order chi connectivity index (χ1) is 9.81. The molecule has 1 saturated heterocycles. The molecule has 1 fully saturated rings. The molecule has 0 bridgehead atoms. The van der Waals surface area contributed by atoms with E-state index in [1.807, 2.05) is 12.1 Å². The molecule has 0 radical (unpaired) electrons. The summed E-state index contributed by atoms with van der Waals surface area (Å²) in [6.07, 6.45) is 4.73. The second kappa shape index (κ2) is 6.11. The van der Waals surface area contributed by atoms with Crippen molar-refractivity contribution in [2.24, 2.45) is 0 Å². The van der Waals surface area contributed by atoms with Gasteiger partial charge < -0.3 is 9.15 Å². The monoisotopic (exact) mass is 274 g/mol. The molecule has 0 amide bonds. The van der Waals surface area contributed by atoms with Crippen LogP contribution >= 0.6 is 0 Å². The van der Waals surface area contributed by atoms with Crippen LogP contribution in [0.15, 0.2) is 28.9 Å². The number of nitrogens with zero attached hydrogens (tertiary/aromatic N) is 4. The molecule has 0 aliphatic carbocycles. The van der Waals surface area contributed by atoms with Gasteiger partial charge >= 0.3 is 0 Å². The van der Waals surface area contributed by atoms with Gasteiger partial charge in [-0.05, 0) is 25.5 Å². The molecule has 3 heterocycles. The largest absolute Gasteiger partial charge is 0.419 e. The summed E-state index contributed by atoms with van der Waals surface area (Å²) < 4.78 is 11.3. The van der Waals surface area contributed by atoms with E-state index in [4.69, 9.17) is 9.15 Å². The van der Waals surface area contributed by atoms with Crippen molar-refractivity contribution < 1.29 is 9.15 Å². The average Bonchev–Trinajstić information content (AvgIpc) is 2.83. The van der Waals surface area contributed by atoms with Crippen molar-refractivity contribution in [3.63, 3.8) is 0 Å². The quantitative estimate of drug-likeness (QED) is 0.849. The second-order valence-electron chi connectivity index (χ2n) is 5.01. The molecule has 1 aliphatic heterocycles. The lowest BCUT2D eigenvalue weighted by molar-refractivity contribution is 0.0656. The van der Waals surface area contributed by atoms with Gasteiger partial charge in [0.25, 0.3) is 0 Å². The molecular formula is C14H18N4O2. The van der Waals surface area contributed by atoms with Gasteiger partial charge in [-0.2, -0.15) is 0 Å². The van der Waals surface area contributed by atoms with Crippen LogP contribution in [0.4, 0.5) is 0 Å². The number of aromatic nitrogens is 3. The molecule has 0 N–H and O–H groups in total. The summed E-state index contributed by atoms with van der Waals surface area (Å²) in [7, 11) is 0. The molecule has 6 heteroatoms. The maximum absolute atomic E-state index is 5.70. The molecule has 1 atom stereocenters. The standard InChI is InChI=1S/C14H18N4O2/c1-11-9-18(6-3-7-19-11)10-13-16-17-14(20-13)12-4-2-5-15-8-12/h2,4-5,8,11H,3,6-7,9-10H2,1H3/t11-/m1/s1. The predicted molar refractivity (Wildman–Crippen MR) is 72.8 cm³/mol. The Morgan fingerprint density at radius 3 is 3.20 bits per heavy atom. The maximum Gasteiger partial charge on any atom is 0.249 e. The number of ether oxygens (including phenoxy) is 1. The van der Waals surface area contributed by atoms with E-state index in [1.165, 1.54) is 0 Å². The normalized spacial score (nSPS) is 20.8. The third-order valence-electron chi connectivity index (χ3n) is 3.27. The molecule has 1 aliphatic rings. The van der Waals surface area contributed by atoms with Gasteiger partial charge in [0, 0.05) is 32.1 Å². The first-order valence-electron chi connectivity index (χ1n) is 6.88. The van der Waals surface area contributed by atoms with Crippen molar-refractivity contribution in [1.82, 2.24) is 20.1 Å². The van der Waals surface area contributed by atoms with E-state index in [-0.39, 0.29) is 6.10 Å². The Bertz CT molecular complexity index is 543. The average molecular weight is 274 g/mol. The van der Waals surface area contributed by atoms with Crippen LogP contribution in [0.3, 0.4) is 0 Å². The van der Waals surface area contributed by atoms with Crippen LogP contribution in [0.25, 0.3) is 11.5 Å². The number of hydrogen-bond acceptors (Lipinski definition) is 6. The van der Waals surface area contributed by atoms with Crippen LogP contribution in [0, 0.1) is 0 Å². The molecule has 6 nitrogen and oxygen atoms in total. The van der Waals surface area contributed by atoms with E-state index in [0.717, 1.165) is 31.7 Å². The van der Waals surface area contributed by atoms with Crippen LogP contribution in [0.2, 0.25) is 0 Å². The number of pyridine rings is 1. The fourth-order valence-corrected chi connectivity index (χ4v) is 2.34. The maximum atomic E-state index is 5.70. The lowest BCUT2D eigenvalue weighted by atomic mass is 10.3. The van der Waals surface area contributed by atoms with E-state index < -0.39 is 0 Å². The third-order valence-corrected chi connectivity index (χ3v) is 3.27. The van der Waals surface area contributed by atoms with Crippen LogP contribution < -0.4 is 0 Å². The lowest BCUT2D eigenvalue weighted by Gasteiger charge is -2.19. The van der Waals surface area contributed by atoms with Crippen LogP contribution in [-0.4, -0.2) is 45.9 Å². The molecule has 0 spiro atoms. The SMILES string of the molecule is C[C@@H]1CN(Cc2nnc(-c3cccnc3)o2)CCCO1. The van der Waals surface area contributed by atoms with Crippen LogP contribution in [0.5, 0.6) is 0 Å². The molecule has 2 aromatic rings. The summed E-state index contributed by atoms with van der Waals surface area (Å²) >= 11 is 0. The Balaban J connectivity index is 1.68. The van der Waals surface area contributed by atoms with E-state index in [1.54, 1.807) is 12.4 Å². The Labute approximate surface area is 117 Å². The van der Waals surface area contributed by atoms with E-state index >= 15 is 0 Å². The zero-order valence-electron chi connectivity index (χ0n) is 11.5. The smallest absolute Gasteiger partial charge is 0.249 e. The summed E-state index contributed by atoms with van der Waals surface area (Å²) in [5.41, 5.74) is 0.846. The molecule has 106 valence electrons. The highest BCUT2D eigenvalue weighted by Crippen LogP contribution is 2.17. The van der Waals surface area contributed by atoms with Gasteiger partial charge in [-0.25, -0.2) is 0 Å². The van der Waals surface area contributed by atoms with E-state index in [2.05, 4.69) is 27.0 Å². The van der Waals surface area contributed by atoms with Crippen molar-refractivity contribution in [1.29, 1.82) is 0 Å². The van der Waals surface area contributed by atoms with Crippen LogP contribution in [-0.2, 0) is 11.3 Å². The summed E-state index contributed by atoms with van der Waals surface area (Å²) in [4.78, 5) is 6.34. The van der Waals surface area contributed by atoms with Gasteiger partial charge in [-0.3, -0.25) is 9.88 Å². The van der Waals surface area contributed by atoms with Gasteiger partial charge in [0.15, 0.2) is 0 Å². The second-order valence-corrected chi connectivity index (χ2v) is 5.01.